The van der Waals surface area contributed by atoms with Crippen molar-refractivity contribution in [3.63, 3.8) is 0 Å². The van der Waals surface area contributed by atoms with Crippen molar-refractivity contribution in [3.05, 3.63) is 0 Å². The van der Waals surface area contributed by atoms with E-state index in [-0.39, 0.29) is 19.8 Å². The highest BCUT2D eigenvalue weighted by molar-refractivity contribution is 5.67. The third kappa shape index (κ3) is 8.09. The van der Waals surface area contributed by atoms with Crippen molar-refractivity contribution in [2.45, 2.75) is 32.5 Å². The quantitative estimate of drug-likeness (QED) is 0.674. The third-order valence-electron chi connectivity index (χ3n) is 1.48. The zero-order valence-corrected chi connectivity index (χ0v) is 9.95. The number of nitrogens with one attached hydrogen (secondary N) is 1. The van der Waals surface area contributed by atoms with Gasteiger partial charge in [-0.3, -0.25) is 0 Å². The van der Waals surface area contributed by atoms with Gasteiger partial charge >= 0.3 is 6.09 Å². The van der Waals surface area contributed by atoms with Gasteiger partial charge in [-0.25, -0.2) is 4.79 Å². The Balaban J connectivity index is 3.85. The van der Waals surface area contributed by atoms with Gasteiger partial charge in [0.15, 0.2) is 0 Å². The van der Waals surface area contributed by atoms with Gasteiger partial charge in [-0.15, -0.1) is 6.42 Å². The van der Waals surface area contributed by atoms with E-state index in [1.165, 1.54) is 0 Å². The van der Waals surface area contributed by atoms with Crippen LogP contribution in [0.4, 0.5) is 4.79 Å². The number of hydrogen-bond acceptors (Lipinski definition) is 4. The molecule has 0 bridgehead atoms. The molecule has 0 radical (unpaired) electrons. The molecule has 0 aromatic carbocycles. The van der Waals surface area contributed by atoms with Crippen molar-refractivity contribution in [1.82, 2.24) is 5.32 Å². The zero-order valence-electron chi connectivity index (χ0n) is 9.95. The number of rotatable bonds is 5. The van der Waals surface area contributed by atoms with Crippen LogP contribution in [0.5, 0.6) is 0 Å². The van der Waals surface area contributed by atoms with E-state index in [9.17, 15) is 4.79 Å². The Labute approximate surface area is 96.1 Å². The first-order valence-corrected chi connectivity index (χ1v) is 5.02. The molecule has 0 heterocycles. The number of carbonyl (C=O) groups is 1. The topological polar surface area (TPSA) is 67.8 Å². The van der Waals surface area contributed by atoms with Crippen LogP contribution in [0.1, 0.15) is 20.8 Å². The van der Waals surface area contributed by atoms with Crippen molar-refractivity contribution < 1.29 is 19.4 Å². The normalized spacial score (nSPS) is 12.7. The molecule has 0 aromatic heterocycles. The summed E-state index contributed by atoms with van der Waals surface area (Å²) in [6.45, 7) is 5.35. The summed E-state index contributed by atoms with van der Waals surface area (Å²) < 4.78 is 10.1. The van der Waals surface area contributed by atoms with E-state index in [0.29, 0.717) is 0 Å². The molecule has 5 heteroatoms. The van der Waals surface area contributed by atoms with E-state index in [1.54, 1.807) is 20.8 Å². The van der Waals surface area contributed by atoms with Crippen LogP contribution in [0.25, 0.3) is 0 Å². The minimum Gasteiger partial charge on any atom is -0.444 e. The molecule has 0 rings (SSSR count). The van der Waals surface area contributed by atoms with Gasteiger partial charge in [0, 0.05) is 6.54 Å². The van der Waals surface area contributed by atoms with Crippen LogP contribution in [-0.2, 0) is 9.47 Å². The molecule has 0 spiro atoms. The summed E-state index contributed by atoms with van der Waals surface area (Å²) in [7, 11) is 0. The molecular weight excluding hydrogens is 210 g/mol. The van der Waals surface area contributed by atoms with Crippen molar-refractivity contribution in [1.29, 1.82) is 0 Å². The van der Waals surface area contributed by atoms with Crippen molar-refractivity contribution in [2.75, 3.05) is 19.8 Å². The second kappa shape index (κ2) is 7.09. The molecule has 1 amide bonds. The Hall–Kier alpha value is -1.25. The van der Waals surface area contributed by atoms with E-state index in [2.05, 4.69) is 11.2 Å². The van der Waals surface area contributed by atoms with Gasteiger partial charge < -0.3 is 19.9 Å². The van der Waals surface area contributed by atoms with Crippen molar-refractivity contribution >= 4 is 6.09 Å². The Morgan fingerprint density at radius 3 is 2.62 bits per heavy atom. The van der Waals surface area contributed by atoms with Crippen LogP contribution in [0.2, 0.25) is 0 Å². The summed E-state index contributed by atoms with van der Waals surface area (Å²) in [6.07, 6.45) is 3.95. The number of ether oxygens (including phenoxy) is 2. The summed E-state index contributed by atoms with van der Waals surface area (Å²) in [5, 5.41) is 11.4. The van der Waals surface area contributed by atoms with Crippen molar-refractivity contribution in [2.24, 2.45) is 0 Å². The second-order valence-corrected chi connectivity index (χ2v) is 4.20. The van der Waals surface area contributed by atoms with Gasteiger partial charge in [-0.2, -0.15) is 0 Å². The second-order valence-electron chi connectivity index (χ2n) is 4.20. The maximum absolute atomic E-state index is 11.2. The molecular formula is C11H19NO4. The van der Waals surface area contributed by atoms with Crippen LogP contribution in [0.15, 0.2) is 0 Å². The highest BCUT2D eigenvalue weighted by Gasteiger charge is 2.17. The number of aliphatic hydroxyl groups excluding tert-OH is 1. The Bertz CT molecular complexity index is 252. The number of aliphatic hydroxyl groups is 1. The first-order chi connectivity index (χ1) is 7.39. The monoisotopic (exact) mass is 229 g/mol. The Morgan fingerprint density at radius 1 is 1.56 bits per heavy atom. The largest absolute Gasteiger partial charge is 0.444 e. The van der Waals surface area contributed by atoms with E-state index in [4.69, 9.17) is 21.0 Å². The predicted octanol–water partition coefficient (Wildman–Crippen LogP) is 0.522. The number of alkyl carbamates (subject to hydrolysis) is 1. The van der Waals surface area contributed by atoms with Gasteiger partial charge in [0.1, 0.15) is 12.2 Å². The summed E-state index contributed by atoms with van der Waals surface area (Å²) in [6, 6.07) is 0. The smallest absolute Gasteiger partial charge is 0.407 e. The standard InChI is InChI=1S/C11H19NO4/c1-5-6-15-9(8-13)7-12-10(14)16-11(2,3)4/h1,9,13H,6-8H2,2-4H3,(H,12,14). The highest BCUT2D eigenvalue weighted by atomic mass is 16.6. The average Bonchev–Trinajstić information content (AvgIpc) is 2.15. The molecule has 0 aliphatic heterocycles. The predicted molar refractivity (Wildman–Crippen MR) is 59.9 cm³/mol. The van der Waals surface area contributed by atoms with Gasteiger partial charge in [0.25, 0.3) is 0 Å². The maximum Gasteiger partial charge on any atom is 0.407 e. The van der Waals surface area contributed by atoms with Crippen LogP contribution in [0.3, 0.4) is 0 Å². The fraction of sp³-hybridized carbons (Fsp3) is 0.727. The fourth-order valence-corrected chi connectivity index (χ4v) is 0.853. The van der Waals surface area contributed by atoms with Crippen molar-refractivity contribution in [3.8, 4) is 12.3 Å². The summed E-state index contributed by atoms with van der Waals surface area (Å²) in [5.41, 5.74) is -0.543. The number of carbonyl (C=O) groups excluding carboxylic acids is 1. The molecule has 5 nitrogen and oxygen atoms in total. The van der Waals surface area contributed by atoms with Crippen LogP contribution < -0.4 is 5.32 Å². The van der Waals surface area contributed by atoms with Crippen LogP contribution in [0, 0.1) is 12.3 Å². The van der Waals surface area contributed by atoms with Gasteiger partial charge in [-0.05, 0) is 20.8 Å². The Kier molecular flexibility index (Phi) is 6.54. The summed E-state index contributed by atoms with van der Waals surface area (Å²) >= 11 is 0. The molecule has 0 aromatic rings. The minimum absolute atomic E-state index is 0.0984. The van der Waals surface area contributed by atoms with Gasteiger partial charge in [0.05, 0.1) is 12.7 Å². The highest BCUT2D eigenvalue weighted by Crippen LogP contribution is 2.06. The third-order valence-corrected chi connectivity index (χ3v) is 1.48. The first kappa shape index (κ1) is 14.8. The number of amides is 1. The molecule has 0 saturated carbocycles. The number of hydrogen-bond donors (Lipinski definition) is 2. The van der Waals surface area contributed by atoms with Crippen LogP contribution in [-0.4, -0.2) is 42.7 Å². The molecule has 0 saturated heterocycles. The minimum atomic E-state index is -0.546. The lowest BCUT2D eigenvalue weighted by Crippen LogP contribution is -2.39. The molecule has 0 aliphatic carbocycles. The fourth-order valence-electron chi connectivity index (χ4n) is 0.853. The molecule has 92 valence electrons. The molecule has 2 N–H and O–H groups in total. The molecule has 1 unspecified atom stereocenters. The Morgan fingerprint density at radius 2 is 2.19 bits per heavy atom. The van der Waals surface area contributed by atoms with E-state index in [0.717, 1.165) is 0 Å². The SMILES string of the molecule is C#CCOC(CO)CNC(=O)OC(C)(C)C. The van der Waals surface area contributed by atoms with E-state index < -0.39 is 17.8 Å². The van der Waals surface area contributed by atoms with E-state index in [1.807, 2.05) is 0 Å². The lowest BCUT2D eigenvalue weighted by molar-refractivity contribution is 0.0223. The van der Waals surface area contributed by atoms with E-state index >= 15 is 0 Å². The van der Waals surface area contributed by atoms with Gasteiger partial charge in [-0.1, -0.05) is 5.92 Å². The summed E-state index contributed by atoms with van der Waals surface area (Å²) in [5.74, 6) is 2.28. The lowest BCUT2D eigenvalue weighted by Gasteiger charge is -2.21. The molecule has 16 heavy (non-hydrogen) atoms. The molecule has 0 fully saturated rings. The van der Waals surface area contributed by atoms with Crippen LogP contribution >= 0.6 is 0 Å². The average molecular weight is 229 g/mol. The molecule has 0 aliphatic rings. The zero-order chi connectivity index (χ0) is 12.6. The maximum atomic E-state index is 11.2. The lowest BCUT2D eigenvalue weighted by atomic mass is 10.2. The first-order valence-electron chi connectivity index (χ1n) is 5.02. The molecule has 1 atom stereocenters. The summed E-state index contributed by atoms with van der Waals surface area (Å²) in [4.78, 5) is 11.2. The number of terminal acetylenes is 1. The van der Waals surface area contributed by atoms with Gasteiger partial charge in [0.2, 0.25) is 0 Å².